The first kappa shape index (κ1) is 31.6. The van der Waals surface area contributed by atoms with Gasteiger partial charge < -0.3 is 42.4 Å². The molecule has 2 aliphatic rings. The number of allylic oxidation sites excluding steroid dienone is 1. The quantitative estimate of drug-likeness (QED) is 0.0310. The van der Waals surface area contributed by atoms with Crippen molar-refractivity contribution in [1.82, 2.24) is 20.2 Å². The molecule has 1 fully saturated rings. The molecule has 16 nitrogen and oxygen atoms in total. The summed E-state index contributed by atoms with van der Waals surface area (Å²) in [5, 5.41) is 29.2. The Morgan fingerprint density at radius 3 is 2.77 bits per heavy atom. The molecule has 3 atom stereocenters. The van der Waals surface area contributed by atoms with Gasteiger partial charge >= 0.3 is 11.1 Å². The standard InChI is InChI=1S/C24H27N9O7S3/c1-3-4-32-14(26)5-13(25)30-23(32)43-9-11-8-41-19-16(18(35)33(19)17(11)20(36)37)31-15(34)7-28-40-24(2,21(38)39)6-12-10-42-22(27)29-12/h3,5,7,10,16,19H,1,4,6,8-9H2,2H3,(H8,25,26,27,29,31,34,36,37,38,39)/b28-7-. The fourth-order valence-corrected chi connectivity index (χ4v) is 7.26. The number of thiazole rings is 1. The Bertz CT molecular complexity index is 1550. The lowest BCUT2D eigenvalue weighted by atomic mass is 10.0. The molecule has 2 amide bonds. The molecule has 2 aliphatic heterocycles. The Morgan fingerprint density at radius 2 is 2.14 bits per heavy atom. The van der Waals surface area contributed by atoms with Crippen molar-refractivity contribution in [3.63, 3.8) is 0 Å². The second-order valence-electron chi connectivity index (χ2n) is 9.43. The van der Waals surface area contributed by atoms with Gasteiger partial charge in [0, 0.05) is 23.3 Å². The molecule has 1 saturated heterocycles. The van der Waals surface area contributed by atoms with Gasteiger partial charge in [0.25, 0.3) is 11.8 Å². The first-order valence-electron chi connectivity index (χ1n) is 12.4. The maximum atomic E-state index is 13.0. The molecule has 228 valence electrons. The number of amides is 2. The number of hydrogen-bond acceptors (Lipinski definition) is 15. The van der Waals surface area contributed by atoms with E-state index in [1.165, 1.54) is 36.5 Å². The van der Waals surface area contributed by atoms with E-state index >= 15 is 0 Å². The zero-order valence-electron chi connectivity index (χ0n) is 22.6. The first-order chi connectivity index (χ1) is 20.3. The maximum absolute atomic E-state index is 13.0. The van der Waals surface area contributed by atoms with Crippen LogP contribution in [0.25, 0.3) is 0 Å². The highest BCUT2D eigenvalue weighted by Crippen LogP contribution is 2.41. The minimum atomic E-state index is -1.85. The van der Waals surface area contributed by atoms with Crippen LogP contribution in [0, 0.1) is 0 Å². The van der Waals surface area contributed by atoms with Crippen LogP contribution in [0.5, 0.6) is 0 Å². The number of fused-ring (bicyclic) bond motifs is 1. The van der Waals surface area contributed by atoms with Crippen molar-refractivity contribution in [2.45, 2.75) is 42.1 Å². The van der Waals surface area contributed by atoms with Gasteiger partial charge in [-0.3, -0.25) is 14.5 Å². The van der Waals surface area contributed by atoms with Crippen molar-refractivity contribution in [3.8, 4) is 0 Å². The largest absolute Gasteiger partial charge is 0.543 e. The van der Waals surface area contributed by atoms with Gasteiger partial charge in [-0.25, -0.2) is 14.3 Å². The number of aliphatic carboxylic acids is 2. The molecule has 0 aromatic carbocycles. The number of nitrogens with two attached hydrogens (primary N) is 3. The van der Waals surface area contributed by atoms with Gasteiger partial charge in [0.15, 0.2) is 5.13 Å². The van der Waals surface area contributed by atoms with E-state index in [0.717, 1.165) is 16.2 Å². The molecule has 43 heavy (non-hydrogen) atoms. The van der Waals surface area contributed by atoms with Crippen LogP contribution in [-0.4, -0.2) is 78.5 Å². The molecule has 3 unspecified atom stereocenters. The number of nitrogen functional groups attached to an aromatic ring is 3. The third-order valence-corrected chi connectivity index (χ3v) is 9.38. The molecule has 0 bridgehead atoms. The summed E-state index contributed by atoms with van der Waals surface area (Å²) in [5.41, 5.74) is 16.1. The second kappa shape index (κ2) is 12.9. The highest BCUT2D eigenvalue weighted by molar-refractivity contribution is 8.01. The summed E-state index contributed by atoms with van der Waals surface area (Å²) in [6.07, 6.45) is 2.15. The van der Waals surface area contributed by atoms with Gasteiger partial charge in [-0.05, 0) is 24.3 Å². The zero-order valence-corrected chi connectivity index (χ0v) is 25.0. The van der Waals surface area contributed by atoms with Gasteiger partial charge in [0.05, 0.1) is 30.0 Å². The normalized spacial score (nSPS) is 19.4. The summed E-state index contributed by atoms with van der Waals surface area (Å²) in [4.78, 5) is 63.8. The van der Waals surface area contributed by atoms with Gasteiger partial charge in [0.1, 0.15) is 17.6 Å². The zero-order chi connectivity index (χ0) is 31.5. The Kier molecular flexibility index (Phi) is 9.46. The molecular formula is C24H27N9O7S3. The number of nitrogens with one attached hydrogen (secondary N) is 1. The van der Waals surface area contributed by atoms with E-state index in [0.29, 0.717) is 35.0 Å². The fraction of sp³-hybridized carbons (Fsp3) is 0.333. The van der Waals surface area contributed by atoms with Crippen molar-refractivity contribution >= 4 is 81.6 Å². The highest BCUT2D eigenvalue weighted by Gasteiger charge is 2.52. The summed E-state index contributed by atoms with van der Waals surface area (Å²) in [6.45, 7) is 5.30. The SMILES string of the molecule is C=CC[n+]1c(N)cc(N)nc1SCC1=C(C(=O)[O-])N2C(=O)C(NC(=O)/C=N\OC(C)(Cc3csc(N)n3)C(=O)O)C2SC1. The smallest absolute Gasteiger partial charge is 0.351 e. The van der Waals surface area contributed by atoms with Crippen molar-refractivity contribution < 1.29 is 38.8 Å². The van der Waals surface area contributed by atoms with E-state index in [1.807, 2.05) is 0 Å². The van der Waals surface area contributed by atoms with E-state index < -0.39 is 40.8 Å². The van der Waals surface area contributed by atoms with Gasteiger partial charge in [-0.1, -0.05) is 22.8 Å². The molecular weight excluding hydrogens is 623 g/mol. The van der Waals surface area contributed by atoms with Gasteiger partial charge in [0.2, 0.25) is 17.2 Å². The lowest BCUT2D eigenvalue weighted by molar-refractivity contribution is -0.713. The minimum Gasteiger partial charge on any atom is -0.543 e. The summed E-state index contributed by atoms with van der Waals surface area (Å²) >= 11 is 3.58. The number of β-lactam (4-membered cyclic amide) rings is 1. The molecule has 8 N–H and O–H groups in total. The highest BCUT2D eigenvalue weighted by atomic mass is 32.2. The molecule has 0 aliphatic carbocycles. The van der Waals surface area contributed by atoms with Gasteiger partial charge in [-0.2, -0.15) is 0 Å². The maximum Gasteiger partial charge on any atom is 0.351 e. The van der Waals surface area contributed by atoms with E-state index in [-0.39, 0.29) is 34.6 Å². The number of aromatic nitrogens is 3. The monoisotopic (exact) mass is 649 g/mol. The van der Waals surface area contributed by atoms with Crippen LogP contribution in [0.4, 0.5) is 16.8 Å². The Balaban J connectivity index is 1.41. The molecule has 2 aromatic heterocycles. The Hall–Kier alpha value is -4.36. The number of carboxylic acid groups (broad SMARTS) is 2. The number of nitrogens with zero attached hydrogens (tertiary/aromatic N) is 5. The minimum absolute atomic E-state index is 0.150. The number of thioether (sulfide) groups is 2. The van der Waals surface area contributed by atoms with Crippen molar-refractivity contribution in [2.75, 3.05) is 28.7 Å². The third kappa shape index (κ3) is 6.83. The van der Waals surface area contributed by atoms with Crippen LogP contribution in [0.1, 0.15) is 12.6 Å². The molecule has 19 heteroatoms. The first-order valence-corrected chi connectivity index (χ1v) is 15.3. The molecule has 4 heterocycles. The number of carboxylic acids is 2. The average Bonchev–Trinajstić information content (AvgIpc) is 3.35. The molecule has 0 spiro atoms. The molecule has 0 saturated carbocycles. The predicted molar refractivity (Wildman–Crippen MR) is 157 cm³/mol. The van der Waals surface area contributed by atoms with Crippen molar-refractivity contribution in [1.29, 1.82) is 0 Å². The predicted octanol–water partition coefficient (Wildman–Crippen LogP) is -1.66. The molecule has 4 rings (SSSR count). The van der Waals surface area contributed by atoms with Crippen LogP contribution >= 0.6 is 34.9 Å². The molecule has 2 aromatic rings. The van der Waals surface area contributed by atoms with Crippen molar-refractivity contribution in [2.24, 2.45) is 5.16 Å². The van der Waals surface area contributed by atoms with E-state index in [4.69, 9.17) is 22.0 Å². The molecule has 0 radical (unpaired) electrons. The number of anilines is 3. The van der Waals surface area contributed by atoms with Gasteiger partial charge in [-0.15, -0.1) is 23.1 Å². The number of hydrogen-bond donors (Lipinski definition) is 5. The number of oxime groups is 1. The van der Waals surface area contributed by atoms with Crippen LogP contribution in [0.15, 0.2) is 45.7 Å². The Labute approximate surface area is 257 Å². The lowest BCUT2D eigenvalue weighted by Crippen LogP contribution is -2.71. The average molecular weight is 650 g/mol. The number of carbonyl (C=O) groups excluding carboxylic acids is 3. The van der Waals surface area contributed by atoms with E-state index in [2.05, 4.69) is 27.0 Å². The van der Waals surface area contributed by atoms with Crippen LogP contribution < -0.4 is 32.2 Å². The van der Waals surface area contributed by atoms with Crippen molar-refractivity contribution in [3.05, 3.63) is 41.1 Å². The van der Waals surface area contributed by atoms with E-state index in [1.54, 1.807) is 16.0 Å². The van der Waals surface area contributed by atoms with Crippen LogP contribution in [0.2, 0.25) is 0 Å². The Morgan fingerprint density at radius 1 is 1.40 bits per heavy atom. The summed E-state index contributed by atoms with van der Waals surface area (Å²) < 4.78 is 1.66. The number of carbonyl (C=O) groups is 4. The van der Waals surface area contributed by atoms with E-state index in [9.17, 15) is 29.4 Å². The van der Waals surface area contributed by atoms with Crippen LogP contribution in [-0.2, 0) is 37.0 Å². The third-order valence-electron chi connectivity index (χ3n) is 6.25. The van der Waals surface area contributed by atoms with Crippen LogP contribution in [0.3, 0.4) is 0 Å². The summed E-state index contributed by atoms with van der Waals surface area (Å²) in [6, 6.07) is 0.440. The summed E-state index contributed by atoms with van der Waals surface area (Å²) in [7, 11) is 0. The summed E-state index contributed by atoms with van der Waals surface area (Å²) in [5.74, 6) is -3.47. The lowest BCUT2D eigenvalue weighted by Gasteiger charge is -2.50. The topological polar surface area (TPSA) is 256 Å². The fourth-order valence-electron chi connectivity index (χ4n) is 4.18. The second-order valence-corrected chi connectivity index (χ2v) is 12.4. The number of rotatable bonds is 13.